The van der Waals surface area contributed by atoms with E-state index in [9.17, 15) is 0 Å². The van der Waals surface area contributed by atoms with Crippen LogP contribution in [0.5, 0.6) is 0 Å². The third-order valence-corrected chi connectivity index (χ3v) is 6.65. The average molecular weight is 653 g/mol. The van der Waals surface area contributed by atoms with Crippen LogP contribution in [0.25, 0.3) is 0 Å². The number of nitrogens with zero attached hydrogens (tertiary/aromatic N) is 6. The summed E-state index contributed by atoms with van der Waals surface area (Å²) in [5, 5.41) is 23.4. The Kier molecular flexibility index (Phi) is 24.3. The van der Waals surface area contributed by atoms with Crippen molar-refractivity contribution >= 4 is 17.9 Å². The molecule has 0 saturated heterocycles. The van der Waals surface area contributed by atoms with Crippen molar-refractivity contribution in [1.82, 2.24) is 29.4 Å². The second-order valence-corrected chi connectivity index (χ2v) is 11.2. The van der Waals surface area contributed by atoms with Crippen molar-refractivity contribution in [2.45, 2.75) is 119 Å². The SMILES string of the molecule is CC(C)N(C)C(=N)N(C)C(C)C.CC(C)N(C)C(=N)N(C)C(C)C.CC(C)N(C)C(=N)N(C)C(C)C.[La]. The van der Waals surface area contributed by atoms with E-state index in [1.165, 1.54) is 0 Å². The van der Waals surface area contributed by atoms with E-state index in [0.29, 0.717) is 54.1 Å². The quantitative estimate of drug-likeness (QED) is 0.282. The van der Waals surface area contributed by atoms with E-state index in [1.807, 2.05) is 71.7 Å². The van der Waals surface area contributed by atoms with Gasteiger partial charge < -0.3 is 29.4 Å². The second-order valence-electron chi connectivity index (χ2n) is 11.2. The van der Waals surface area contributed by atoms with Crippen molar-refractivity contribution in [3.8, 4) is 0 Å². The van der Waals surface area contributed by atoms with Crippen LogP contribution < -0.4 is 0 Å². The van der Waals surface area contributed by atoms with Crippen LogP contribution in [0.15, 0.2) is 0 Å². The van der Waals surface area contributed by atoms with Crippen molar-refractivity contribution in [2.75, 3.05) is 42.3 Å². The molecular formula is C27H63LaN9. The molecule has 1 radical (unpaired) electrons. The molecule has 0 rings (SSSR count). The Morgan fingerprint density at radius 2 is 0.405 bits per heavy atom. The molecule has 0 heterocycles. The van der Waals surface area contributed by atoms with Gasteiger partial charge in [0.05, 0.1) is 0 Å². The molecule has 0 aliphatic carbocycles. The zero-order valence-corrected chi connectivity index (χ0v) is 31.4. The minimum absolute atomic E-state index is 0. The van der Waals surface area contributed by atoms with Gasteiger partial charge in [-0.15, -0.1) is 0 Å². The van der Waals surface area contributed by atoms with Crippen LogP contribution in [0.4, 0.5) is 0 Å². The van der Waals surface area contributed by atoms with Gasteiger partial charge in [0, 0.05) is 114 Å². The normalized spacial score (nSPS) is 10.4. The Bertz CT molecular complexity index is 500. The Morgan fingerprint density at radius 3 is 0.459 bits per heavy atom. The molecule has 0 aliphatic heterocycles. The van der Waals surface area contributed by atoms with Gasteiger partial charge >= 0.3 is 0 Å². The van der Waals surface area contributed by atoms with E-state index in [1.54, 1.807) is 0 Å². The standard InChI is InChI=1S/3C9H21N3.La/c3*1-7(2)11(5)9(10)12(6)8(3)4;/h3*7-8,10H,1-6H3;. The zero-order chi connectivity index (χ0) is 29.7. The summed E-state index contributed by atoms with van der Waals surface area (Å²) in [6.45, 7) is 25.0. The van der Waals surface area contributed by atoms with Crippen LogP contribution in [-0.4, -0.2) is 126 Å². The van der Waals surface area contributed by atoms with Crippen molar-refractivity contribution in [2.24, 2.45) is 0 Å². The van der Waals surface area contributed by atoms with Crippen molar-refractivity contribution in [3.05, 3.63) is 0 Å². The molecule has 0 unspecified atom stereocenters. The maximum atomic E-state index is 7.81. The van der Waals surface area contributed by atoms with Crippen molar-refractivity contribution < 1.29 is 35.6 Å². The van der Waals surface area contributed by atoms with Gasteiger partial charge in [-0.05, 0) is 83.1 Å². The summed E-state index contributed by atoms with van der Waals surface area (Å²) in [7, 11) is 11.7. The first kappa shape index (κ1) is 43.1. The molecule has 219 valence electrons. The molecule has 0 aromatic rings. The molecule has 9 nitrogen and oxygen atoms in total. The van der Waals surface area contributed by atoms with Gasteiger partial charge in [-0.2, -0.15) is 0 Å². The first-order valence-electron chi connectivity index (χ1n) is 13.3. The third kappa shape index (κ3) is 17.3. The van der Waals surface area contributed by atoms with Gasteiger partial charge in [-0.3, -0.25) is 16.2 Å². The number of guanidine groups is 3. The maximum Gasteiger partial charge on any atom is 0.193 e. The molecule has 0 aliphatic rings. The topological polar surface area (TPSA) is 91.0 Å². The number of rotatable bonds is 6. The summed E-state index contributed by atoms with van der Waals surface area (Å²) in [6, 6.07) is 2.33. The van der Waals surface area contributed by atoms with Crippen molar-refractivity contribution in [3.63, 3.8) is 0 Å². The Hall–Kier alpha value is -0.995. The Balaban J connectivity index is -0.000000218. The number of hydrogen-bond acceptors (Lipinski definition) is 3. The summed E-state index contributed by atoms with van der Waals surface area (Å²) in [5.74, 6) is 1.75. The number of hydrogen-bond donors (Lipinski definition) is 3. The molecule has 3 N–H and O–H groups in total. The third-order valence-electron chi connectivity index (χ3n) is 6.65. The molecular weight excluding hydrogens is 589 g/mol. The minimum atomic E-state index is 0. The van der Waals surface area contributed by atoms with Crippen LogP contribution in [0.2, 0.25) is 0 Å². The fourth-order valence-electron chi connectivity index (χ4n) is 2.21. The van der Waals surface area contributed by atoms with Crippen LogP contribution in [-0.2, 0) is 0 Å². The molecule has 0 saturated carbocycles. The van der Waals surface area contributed by atoms with Gasteiger partial charge in [-0.1, -0.05) is 0 Å². The maximum absolute atomic E-state index is 7.81. The molecule has 0 spiro atoms. The van der Waals surface area contributed by atoms with E-state index in [-0.39, 0.29) is 35.6 Å². The molecule has 37 heavy (non-hydrogen) atoms. The minimum Gasteiger partial charge on any atom is -0.344 e. The second kappa shape index (κ2) is 20.9. The zero-order valence-electron chi connectivity index (χ0n) is 27.7. The smallest absolute Gasteiger partial charge is 0.193 e. The molecule has 0 amide bonds. The average Bonchev–Trinajstić information content (AvgIpc) is 2.79. The van der Waals surface area contributed by atoms with Crippen LogP contribution in [0.3, 0.4) is 0 Å². The van der Waals surface area contributed by atoms with Gasteiger partial charge in [-0.25, -0.2) is 0 Å². The molecule has 0 aromatic carbocycles. The van der Waals surface area contributed by atoms with Gasteiger partial charge in [0.2, 0.25) is 0 Å². The van der Waals surface area contributed by atoms with E-state index < -0.39 is 0 Å². The summed E-state index contributed by atoms with van der Waals surface area (Å²) < 4.78 is 0. The van der Waals surface area contributed by atoms with Crippen molar-refractivity contribution in [1.29, 1.82) is 16.2 Å². The van der Waals surface area contributed by atoms with Gasteiger partial charge in [0.25, 0.3) is 0 Å². The summed E-state index contributed by atoms with van der Waals surface area (Å²) in [4.78, 5) is 11.8. The molecule has 0 atom stereocenters. The van der Waals surface area contributed by atoms with Crippen LogP contribution >= 0.6 is 0 Å². The predicted octanol–water partition coefficient (Wildman–Crippen LogP) is 4.80. The van der Waals surface area contributed by atoms with Crippen LogP contribution in [0.1, 0.15) is 83.1 Å². The summed E-state index contributed by atoms with van der Waals surface area (Å²) >= 11 is 0. The molecule has 10 heteroatoms. The van der Waals surface area contributed by atoms with Gasteiger partial charge in [0.1, 0.15) is 0 Å². The summed E-state index contributed by atoms with van der Waals surface area (Å²) in [6.07, 6.45) is 0. The summed E-state index contributed by atoms with van der Waals surface area (Å²) in [5.41, 5.74) is 0. The van der Waals surface area contributed by atoms with E-state index in [2.05, 4.69) is 83.1 Å². The van der Waals surface area contributed by atoms with E-state index in [4.69, 9.17) is 16.2 Å². The van der Waals surface area contributed by atoms with Crippen LogP contribution in [0, 0.1) is 51.8 Å². The Morgan fingerprint density at radius 1 is 0.324 bits per heavy atom. The Labute approximate surface area is 259 Å². The van der Waals surface area contributed by atoms with E-state index >= 15 is 0 Å². The monoisotopic (exact) mass is 652 g/mol. The van der Waals surface area contributed by atoms with Gasteiger partial charge in [0.15, 0.2) is 17.9 Å². The first-order valence-corrected chi connectivity index (χ1v) is 13.3. The fourth-order valence-corrected chi connectivity index (χ4v) is 2.21. The first-order chi connectivity index (χ1) is 16.1. The fraction of sp³-hybridized carbons (Fsp3) is 0.889. The molecule has 0 fully saturated rings. The molecule has 0 aromatic heterocycles. The number of nitrogens with one attached hydrogen (secondary N) is 3. The largest absolute Gasteiger partial charge is 0.344 e. The van der Waals surface area contributed by atoms with E-state index in [0.717, 1.165) is 0 Å². The predicted molar refractivity (Wildman–Crippen MR) is 161 cm³/mol. The molecule has 0 bridgehead atoms.